The van der Waals surface area contributed by atoms with Gasteiger partial charge in [0.1, 0.15) is 0 Å². The molecule has 0 aromatic heterocycles. The Balaban J connectivity index is 1.98. The maximum absolute atomic E-state index is 12.8. The van der Waals surface area contributed by atoms with Crippen LogP contribution in [0.3, 0.4) is 0 Å². The van der Waals surface area contributed by atoms with E-state index in [-0.39, 0.29) is 18.7 Å². The van der Waals surface area contributed by atoms with Gasteiger partial charge in [0.05, 0.1) is 12.5 Å². The van der Waals surface area contributed by atoms with Crippen molar-refractivity contribution < 1.29 is 22.7 Å². The molecule has 3 nitrogen and oxygen atoms in total. The summed E-state index contributed by atoms with van der Waals surface area (Å²) in [5, 5.41) is 2.73. The number of carbonyl (C=O) groups is 1. The molecule has 1 amide bonds. The number of nitrogens with one attached hydrogen (secondary N) is 1. The first-order valence-electron chi connectivity index (χ1n) is 7.35. The Hall–Kier alpha value is -1.56. The van der Waals surface area contributed by atoms with Crippen molar-refractivity contribution in [3.05, 3.63) is 35.4 Å². The van der Waals surface area contributed by atoms with Gasteiger partial charge < -0.3 is 10.1 Å². The van der Waals surface area contributed by atoms with Crippen LogP contribution in [0.15, 0.2) is 24.3 Å². The Morgan fingerprint density at radius 3 is 2.82 bits per heavy atom. The molecule has 6 heteroatoms. The van der Waals surface area contributed by atoms with Crippen molar-refractivity contribution in [3.8, 4) is 0 Å². The van der Waals surface area contributed by atoms with Gasteiger partial charge in [-0.3, -0.25) is 4.79 Å². The van der Waals surface area contributed by atoms with Gasteiger partial charge >= 0.3 is 6.18 Å². The second-order valence-corrected chi connectivity index (χ2v) is 5.71. The fraction of sp³-hybridized carbons (Fsp3) is 0.562. The topological polar surface area (TPSA) is 38.3 Å². The molecule has 1 aliphatic carbocycles. The number of amides is 1. The third kappa shape index (κ3) is 4.47. The summed E-state index contributed by atoms with van der Waals surface area (Å²) >= 11 is 0. The first-order chi connectivity index (χ1) is 10.4. The molecular weight excluding hydrogens is 295 g/mol. The van der Waals surface area contributed by atoms with E-state index in [4.69, 9.17) is 4.74 Å². The highest BCUT2D eigenvalue weighted by Crippen LogP contribution is 2.37. The third-order valence-electron chi connectivity index (χ3n) is 3.97. The van der Waals surface area contributed by atoms with Gasteiger partial charge in [-0.25, -0.2) is 0 Å². The van der Waals surface area contributed by atoms with Crippen LogP contribution in [0.4, 0.5) is 13.2 Å². The van der Waals surface area contributed by atoms with Gasteiger partial charge in [0.2, 0.25) is 0 Å². The Morgan fingerprint density at radius 2 is 2.14 bits per heavy atom. The average molecular weight is 315 g/mol. The molecule has 1 aromatic rings. The average Bonchev–Trinajstić information content (AvgIpc) is 2.47. The second-order valence-electron chi connectivity index (χ2n) is 5.71. The molecule has 0 spiro atoms. The van der Waals surface area contributed by atoms with Gasteiger partial charge in [0.15, 0.2) is 0 Å². The van der Waals surface area contributed by atoms with Crippen LogP contribution >= 0.6 is 0 Å². The first-order valence-corrected chi connectivity index (χ1v) is 7.35. The van der Waals surface area contributed by atoms with E-state index < -0.39 is 18.1 Å². The van der Waals surface area contributed by atoms with E-state index in [9.17, 15) is 18.0 Å². The summed E-state index contributed by atoms with van der Waals surface area (Å²) < 4.78 is 43.4. The molecule has 0 saturated heterocycles. The molecule has 1 aromatic carbocycles. The zero-order chi connectivity index (χ0) is 16.2. The van der Waals surface area contributed by atoms with Crippen molar-refractivity contribution in [3.63, 3.8) is 0 Å². The number of hydrogen-bond acceptors (Lipinski definition) is 2. The number of hydrogen-bond donors (Lipinski definition) is 1. The predicted molar refractivity (Wildman–Crippen MR) is 76.4 cm³/mol. The number of ether oxygens (including phenoxy) is 1. The number of halogens is 3. The van der Waals surface area contributed by atoms with Gasteiger partial charge in [-0.15, -0.1) is 0 Å². The molecule has 0 heterocycles. The van der Waals surface area contributed by atoms with Crippen LogP contribution < -0.4 is 5.32 Å². The second kappa shape index (κ2) is 7.13. The smallest absolute Gasteiger partial charge is 0.380 e. The van der Waals surface area contributed by atoms with Crippen LogP contribution in [0.25, 0.3) is 0 Å². The normalized spacial score (nSPS) is 22.4. The van der Waals surface area contributed by atoms with E-state index in [0.717, 1.165) is 5.56 Å². The van der Waals surface area contributed by atoms with Gasteiger partial charge in [0, 0.05) is 18.7 Å². The molecular formula is C16H20F3NO2. The highest BCUT2D eigenvalue weighted by Gasteiger charge is 2.42. The molecule has 0 bridgehead atoms. The molecule has 1 fully saturated rings. The maximum Gasteiger partial charge on any atom is 0.391 e. The van der Waals surface area contributed by atoms with E-state index in [1.54, 1.807) is 25.3 Å². The minimum atomic E-state index is -4.18. The fourth-order valence-electron chi connectivity index (χ4n) is 2.86. The van der Waals surface area contributed by atoms with E-state index in [2.05, 4.69) is 5.32 Å². The van der Waals surface area contributed by atoms with Crippen LogP contribution in [0.1, 0.15) is 41.6 Å². The predicted octanol–water partition coefficient (Wildman–Crippen LogP) is 3.68. The number of alkyl halides is 3. The fourth-order valence-corrected chi connectivity index (χ4v) is 2.86. The summed E-state index contributed by atoms with van der Waals surface area (Å²) in [6, 6.07) is 6.50. The summed E-state index contributed by atoms with van der Waals surface area (Å²) in [7, 11) is 1.56. The Kier molecular flexibility index (Phi) is 5.45. The van der Waals surface area contributed by atoms with Gasteiger partial charge in [-0.2, -0.15) is 13.2 Å². The zero-order valence-corrected chi connectivity index (χ0v) is 12.5. The summed E-state index contributed by atoms with van der Waals surface area (Å²) in [6.45, 7) is 0.390. The summed E-state index contributed by atoms with van der Waals surface area (Å²) in [4.78, 5) is 12.2. The number of carbonyl (C=O) groups excluding carboxylic acids is 1. The highest BCUT2D eigenvalue weighted by atomic mass is 19.4. The van der Waals surface area contributed by atoms with Gasteiger partial charge in [-0.05, 0) is 37.0 Å². The minimum Gasteiger partial charge on any atom is -0.380 e. The molecule has 22 heavy (non-hydrogen) atoms. The number of rotatable bonds is 4. The maximum atomic E-state index is 12.8. The van der Waals surface area contributed by atoms with Crippen molar-refractivity contribution in [2.45, 2.75) is 44.5 Å². The number of methoxy groups -OCH3 is 1. The van der Waals surface area contributed by atoms with Crippen LogP contribution in [-0.2, 0) is 11.3 Å². The largest absolute Gasteiger partial charge is 0.391 e. The lowest BCUT2D eigenvalue weighted by Crippen LogP contribution is -2.41. The molecule has 2 atom stereocenters. The highest BCUT2D eigenvalue weighted by molar-refractivity contribution is 5.94. The molecule has 1 N–H and O–H groups in total. The van der Waals surface area contributed by atoms with Crippen molar-refractivity contribution in [1.82, 2.24) is 5.32 Å². The van der Waals surface area contributed by atoms with E-state index >= 15 is 0 Å². The van der Waals surface area contributed by atoms with Crippen LogP contribution in [0.2, 0.25) is 0 Å². The lowest BCUT2D eigenvalue weighted by Gasteiger charge is -2.31. The summed E-state index contributed by atoms with van der Waals surface area (Å²) in [5.41, 5.74) is 1.30. The van der Waals surface area contributed by atoms with Crippen LogP contribution in [0.5, 0.6) is 0 Å². The van der Waals surface area contributed by atoms with Crippen molar-refractivity contribution >= 4 is 5.91 Å². The Morgan fingerprint density at radius 1 is 1.36 bits per heavy atom. The minimum absolute atomic E-state index is 0.0347. The standard InChI is InChI=1S/C16H20F3NO2/c1-22-10-11-4-2-5-12(8-11)15(21)20-14-7-3-6-13(9-14)16(17,18)19/h2,4-5,8,13-14H,3,6-7,9-10H2,1H3,(H,20,21)/t13-,14+/m1/s1. The van der Waals surface area contributed by atoms with Crippen LogP contribution in [0, 0.1) is 5.92 Å². The SMILES string of the molecule is COCc1cccc(C(=O)N[C@H]2CCC[C@@H](C(F)(F)F)C2)c1. The molecule has 0 radical (unpaired) electrons. The third-order valence-corrected chi connectivity index (χ3v) is 3.97. The first kappa shape index (κ1) is 16.8. The summed E-state index contributed by atoms with van der Waals surface area (Å²) in [5.74, 6) is -1.64. The summed E-state index contributed by atoms with van der Waals surface area (Å²) in [6.07, 6.45) is -2.98. The van der Waals surface area contributed by atoms with Gasteiger partial charge in [0.25, 0.3) is 5.91 Å². The molecule has 1 aliphatic rings. The zero-order valence-electron chi connectivity index (χ0n) is 12.5. The van der Waals surface area contributed by atoms with Crippen molar-refractivity contribution in [1.29, 1.82) is 0 Å². The van der Waals surface area contributed by atoms with Crippen LogP contribution in [-0.4, -0.2) is 25.2 Å². The Bertz CT molecular complexity index is 516. The molecule has 2 rings (SSSR count). The number of benzene rings is 1. The van der Waals surface area contributed by atoms with Crippen molar-refractivity contribution in [2.24, 2.45) is 5.92 Å². The molecule has 0 unspecified atom stereocenters. The lowest BCUT2D eigenvalue weighted by atomic mass is 9.85. The van der Waals surface area contributed by atoms with Gasteiger partial charge in [-0.1, -0.05) is 18.6 Å². The van der Waals surface area contributed by atoms with E-state index in [0.29, 0.717) is 25.0 Å². The van der Waals surface area contributed by atoms with E-state index in [1.165, 1.54) is 0 Å². The van der Waals surface area contributed by atoms with E-state index in [1.807, 2.05) is 6.07 Å². The van der Waals surface area contributed by atoms with Crippen molar-refractivity contribution in [2.75, 3.05) is 7.11 Å². The quantitative estimate of drug-likeness (QED) is 0.920. The molecule has 1 saturated carbocycles. The Labute approximate surface area is 127 Å². The molecule has 122 valence electrons. The lowest BCUT2D eigenvalue weighted by molar-refractivity contribution is -0.183. The monoisotopic (exact) mass is 315 g/mol. The molecule has 0 aliphatic heterocycles.